The van der Waals surface area contributed by atoms with E-state index in [1.165, 1.54) is 12.8 Å². The molecule has 0 aromatic carbocycles. The summed E-state index contributed by atoms with van der Waals surface area (Å²) in [6, 6.07) is 0. The smallest absolute Gasteiger partial charge is 0.0671 e. The van der Waals surface area contributed by atoms with Gasteiger partial charge in [0.05, 0.1) is 6.10 Å². The molecule has 1 aliphatic heterocycles. The minimum Gasteiger partial charge on any atom is -0.377 e. The van der Waals surface area contributed by atoms with Crippen LogP contribution in [0.3, 0.4) is 0 Å². The van der Waals surface area contributed by atoms with Crippen molar-refractivity contribution in [2.75, 3.05) is 6.61 Å². The maximum absolute atomic E-state index is 5.34. The van der Waals surface area contributed by atoms with Gasteiger partial charge >= 0.3 is 0 Å². The zero-order valence-corrected chi connectivity index (χ0v) is 6.65. The van der Waals surface area contributed by atoms with Gasteiger partial charge in [0.2, 0.25) is 0 Å². The van der Waals surface area contributed by atoms with E-state index < -0.39 is 0 Å². The van der Waals surface area contributed by atoms with Gasteiger partial charge in [-0.25, -0.2) is 0 Å². The van der Waals surface area contributed by atoms with Crippen molar-refractivity contribution in [1.82, 2.24) is 0 Å². The van der Waals surface area contributed by atoms with E-state index in [0.717, 1.165) is 6.61 Å². The van der Waals surface area contributed by atoms with Crippen molar-refractivity contribution in [1.29, 1.82) is 0 Å². The Bertz CT molecular complexity index is 64.9. The van der Waals surface area contributed by atoms with Crippen LogP contribution in [0.25, 0.3) is 0 Å². The lowest BCUT2D eigenvalue weighted by Crippen LogP contribution is -2.26. The number of hydrogen-bond acceptors (Lipinski definition) is 1. The maximum Gasteiger partial charge on any atom is 0.0671 e. The van der Waals surface area contributed by atoms with E-state index in [2.05, 4.69) is 22.9 Å². The lowest BCUT2D eigenvalue weighted by atomic mass is 10.1. The summed E-state index contributed by atoms with van der Waals surface area (Å²) in [4.78, 5) is 0.594. The molecule has 0 bridgehead atoms. The first-order valence-corrected chi connectivity index (χ1v) is 3.98. The molecule has 0 spiro atoms. The molecule has 1 aliphatic rings. The summed E-state index contributed by atoms with van der Waals surface area (Å²) in [6.07, 6.45) is 2.89. The Balaban J connectivity index is 2.28. The highest BCUT2D eigenvalue weighted by molar-refractivity contribution is 9.09. The molecular weight excluding hydrogens is 168 g/mol. The molecule has 0 saturated carbocycles. The highest BCUT2D eigenvalue weighted by Crippen LogP contribution is 2.19. The summed E-state index contributed by atoms with van der Waals surface area (Å²) in [5.41, 5.74) is 0. The topological polar surface area (TPSA) is 9.23 Å². The molecule has 2 atom stereocenters. The van der Waals surface area contributed by atoms with Gasteiger partial charge in [0.15, 0.2) is 0 Å². The Kier molecular flexibility index (Phi) is 2.32. The predicted molar refractivity (Wildman–Crippen MR) is 37.4 cm³/mol. The van der Waals surface area contributed by atoms with Crippen LogP contribution < -0.4 is 0 Å². The third-order valence-corrected chi connectivity index (χ3v) is 2.72. The van der Waals surface area contributed by atoms with Crippen LogP contribution in [0.4, 0.5) is 0 Å². The van der Waals surface area contributed by atoms with E-state index in [1.807, 2.05) is 0 Å². The van der Waals surface area contributed by atoms with Gasteiger partial charge in [-0.3, -0.25) is 0 Å². The highest BCUT2D eigenvalue weighted by atomic mass is 79.9. The van der Waals surface area contributed by atoms with Crippen LogP contribution in [-0.2, 0) is 4.74 Å². The van der Waals surface area contributed by atoms with Gasteiger partial charge in [0, 0.05) is 11.4 Å². The second kappa shape index (κ2) is 2.83. The fourth-order valence-corrected chi connectivity index (χ4v) is 1.36. The molecule has 0 radical (unpaired) electrons. The van der Waals surface area contributed by atoms with E-state index in [0.29, 0.717) is 10.9 Å². The third kappa shape index (κ3) is 1.46. The molecule has 48 valence electrons. The number of alkyl halides is 1. The van der Waals surface area contributed by atoms with Gasteiger partial charge in [0.1, 0.15) is 0 Å². The van der Waals surface area contributed by atoms with Crippen LogP contribution in [0, 0.1) is 0 Å². The van der Waals surface area contributed by atoms with Crippen molar-refractivity contribution in [2.24, 2.45) is 0 Å². The van der Waals surface area contributed by atoms with Gasteiger partial charge in [-0.2, -0.15) is 0 Å². The fraction of sp³-hybridized carbons (Fsp3) is 1.00. The summed E-state index contributed by atoms with van der Waals surface area (Å²) in [6.45, 7) is 3.06. The number of halogens is 1. The molecule has 0 amide bonds. The van der Waals surface area contributed by atoms with Crippen molar-refractivity contribution in [3.05, 3.63) is 0 Å². The quantitative estimate of drug-likeness (QED) is 0.516. The molecule has 1 saturated heterocycles. The Hall–Kier alpha value is 0.440. The molecule has 0 aromatic rings. The third-order valence-electron chi connectivity index (χ3n) is 1.51. The zero-order valence-electron chi connectivity index (χ0n) is 5.06. The van der Waals surface area contributed by atoms with Crippen LogP contribution in [-0.4, -0.2) is 17.5 Å². The van der Waals surface area contributed by atoms with Crippen LogP contribution in [0.15, 0.2) is 0 Å². The van der Waals surface area contributed by atoms with E-state index >= 15 is 0 Å². The molecule has 2 heteroatoms. The maximum atomic E-state index is 5.34. The minimum absolute atomic E-state index is 0.420. The highest BCUT2D eigenvalue weighted by Gasteiger charge is 2.17. The van der Waals surface area contributed by atoms with Gasteiger partial charge < -0.3 is 4.74 Å². The summed E-state index contributed by atoms with van der Waals surface area (Å²) >= 11 is 3.53. The van der Waals surface area contributed by atoms with Gasteiger partial charge in [-0.1, -0.05) is 15.9 Å². The van der Waals surface area contributed by atoms with Crippen molar-refractivity contribution in [2.45, 2.75) is 30.7 Å². The van der Waals surface area contributed by atoms with Crippen molar-refractivity contribution < 1.29 is 4.74 Å². The standard InChI is InChI=1S/C6H11BrO/c1-5-6(7)3-2-4-8-5/h5-6H,2-4H2,1H3. The molecule has 0 aliphatic carbocycles. The Morgan fingerprint density at radius 3 is 2.75 bits per heavy atom. The second-order valence-corrected chi connectivity index (χ2v) is 3.41. The Morgan fingerprint density at radius 1 is 1.62 bits per heavy atom. The van der Waals surface area contributed by atoms with Crippen LogP contribution in [0.2, 0.25) is 0 Å². The van der Waals surface area contributed by atoms with E-state index in [4.69, 9.17) is 4.74 Å². The van der Waals surface area contributed by atoms with E-state index in [9.17, 15) is 0 Å². The number of ether oxygens (including phenoxy) is 1. The minimum atomic E-state index is 0.420. The molecule has 1 fully saturated rings. The fourth-order valence-electron chi connectivity index (χ4n) is 0.887. The largest absolute Gasteiger partial charge is 0.377 e. The molecule has 0 N–H and O–H groups in total. The molecule has 8 heavy (non-hydrogen) atoms. The zero-order chi connectivity index (χ0) is 5.98. The second-order valence-electron chi connectivity index (χ2n) is 2.23. The Labute approximate surface area is 58.5 Å². The van der Waals surface area contributed by atoms with Gasteiger partial charge in [-0.15, -0.1) is 0 Å². The van der Waals surface area contributed by atoms with E-state index in [-0.39, 0.29) is 0 Å². The summed E-state index contributed by atoms with van der Waals surface area (Å²) in [5.74, 6) is 0. The molecule has 0 aromatic heterocycles. The normalized spacial score (nSPS) is 39.8. The lowest BCUT2D eigenvalue weighted by Gasteiger charge is -2.23. The van der Waals surface area contributed by atoms with Crippen LogP contribution >= 0.6 is 15.9 Å². The molecule has 1 heterocycles. The molecular formula is C6H11BrO. The summed E-state index contributed by atoms with van der Waals surface area (Å²) in [5, 5.41) is 0. The monoisotopic (exact) mass is 178 g/mol. The summed E-state index contributed by atoms with van der Waals surface area (Å²) in [7, 11) is 0. The average Bonchev–Trinajstić information content (AvgIpc) is 1.77. The van der Waals surface area contributed by atoms with Gasteiger partial charge in [-0.05, 0) is 19.8 Å². The van der Waals surface area contributed by atoms with Crippen molar-refractivity contribution >= 4 is 15.9 Å². The first-order valence-electron chi connectivity index (χ1n) is 3.06. The lowest BCUT2D eigenvalue weighted by molar-refractivity contribution is 0.0351. The van der Waals surface area contributed by atoms with Crippen LogP contribution in [0.5, 0.6) is 0 Å². The SMILES string of the molecule is CC1OCCCC1Br. The molecule has 1 rings (SSSR count). The predicted octanol–water partition coefficient (Wildman–Crippen LogP) is 1.95. The Morgan fingerprint density at radius 2 is 2.38 bits per heavy atom. The molecule has 1 nitrogen and oxygen atoms in total. The number of rotatable bonds is 0. The number of hydrogen-bond donors (Lipinski definition) is 0. The first kappa shape index (κ1) is 6.56. The molecule has 2 unspecified atom stereocenters. The first-order chi connectivity index (χ1) is 3.80. The van der Waals surface area contributed by atoms with Crippen LogP contribution in [0.1, 0.15) is 19.8 Å². The van der Waals surface area contributed by atoms with E-state index in [1.54, 1.807) is 0 Å². The summed E-state index contributed by atoms with van der Waals surface area (Å²) < 4.78 is 5.34. The average molecular weight is 179 g/mol. The van der Waals surface area contributed by atoms with Crippen molar-refractivity contribution in [3.8, 4) is 0 Å². The van der Waals surface area contributed by atoms with Crippen molar-refractivity contribution in [3.63, 3.8) is 0 Å². The van der Waals surface area contributed by atoms with Gasteiger partial charge in [0.25, 0.3) is 0 Å².